The quantitative estimate of drug-likeness (QED) is 0.594. The molecule has 0 aromatic heterocycles. The van der Waals surface area contributed by atoms with Crippen molar-refractivity contribution in [1.82, 2.24) is 9.62 Å². The molecular weight excluding hydrogens is 242 g/mol. The van der Waals surface area contributed by atoms with Crippen LogP contribution >= 0.6 is 0 Å². The van der Waals surface area contributed by atoms with Crippen LogP contribution in [0.2, 0.25) is 14.8 Å². The van der Waals surface area contributed by atoms with E-state index in [2.05, 4.69) is 46.1 Å². The van der Waals surface area contributed by atoms with Crippen LogP contribution in [0.5, 0.6) is 0 Å². The zero-order chi connectivity index (χ0) is 8.85. The predicted molar refractivity (Wildman–Crippen MR) is 54.4 cm³/mol. The number of rotatable bonds is 0. The molecule has 1 rings (SSSR count). The van der Waals surface area contributed by atoms with Gasteiger partial charge in [-0.1, -0.05) is 14.1 Å². The summed E-state index contributed by atoms with van der Waals surface area (Å²) < 4.78 is 0. The van der Waals surface area contributed by atoms with Crippen LogP contribution in [0.15, 0.2) is 0 Å². The molecule has 0 saturated carbocycles. The van der Waals surface area contributed by atoms with E-state index in [9.17, 15) is 0 Å². The van der Waals surface area contributed by atoms with Gasteiger partial charge >= 0.3 is 34.6 Å². The SMILES string of the molecule is CN1[B-]N(C)CC1.[CH3][Sn+]([CH3])[CH3]. The van der Waals surface area contributed by atoms with Gasteiger partial charge in [0.25, 0.3) is 0 Å². The maximum absolute atomic E-state index is 2.36. The Hall–Kier alpha value is 0.784. The maximum atomic E-state index is 2.36. The van der Waals surface area contributed by atoms with E-state index < -0.39 is 19.8 Å². The van der Waals surface area contributed by atoms with Crippen molar-refractivity contribution >= 4 is 27.3 Å². The summed E-state index contributed by atoms with van der Waals surface area (Å²) in [5, 5.41) is 0. The molecule has 2 nitrogen and oxygen atoms in total. The molecule has 0 aliphatic carbocycles. The summed E-state index contributed by atoms with van der Waals surface area (Å²) >= 11 is -0.543. The fourth-order valence-electron chi connectivity index (χ4n) is 0.767. The molecule has 1 aliphatic rings. The molecule has 2 radical (unpaired) electrons. The van der Waals surface area contributed by atoms with Crippen molar-refractivity contribution in [3.05, 3.63) is 0 Å². The van der Waals surface area contributed by atoms with E-state index in [0.29, 0.717) is 0 Å². The summed E-state index contributed by atoms with van der Waals surface area (Å²) in [6, 6.07) is 0. The monoisotopic (exact) mass is 262 g/mol. The van der Waals surface area contributed by atoms with Crippen molar-refractivity contribution in [2.45, 2.75) is 14.8 Å². The molecule has 0 N–H and O–H groups in total. The summed E-state index contributed by atoms with van der Waals surface area (Å²) in [7, 11) is 6.28. The van der Waals surface area contributed by atoms with E-state index in [1.54, 1.807) is 0 Å². The van der Waals surface area contributed by atoms with Gasteiger partial charge in [0, 0.05) is 0 Å². The molecule has 0 spiro atoms. The number of hydrogen-bond acceptors (Lipinski definition) is 2. The standard InChI is InChI=1S/C4H10BN2.3CH3.Sn/c1-6-3-4-7(2)5-6;;;;/h3-4H2,1-2H3;3*1H3;/q-1;;;;+1. The summed E-state index contributed by atoms with van der Waals surface area (Å²) in [5.74, 6) is 0. The van der Waals surface area contributed by atoms with Crippen molar-refractivity contribution < 1.29 is 0 Å². The van der Waals surface area contributed by atoms with Gasteiger partial charge in [-0.15, -0.1) is 0 Å². The van der Waals surface area contributed by atoms with E-state index in [1.807, 2.05) is 0 Å². The number of hydrogen-bond donors (Lipinski definition) is 0. The molecule has 1 fully saturated rings. The molecule has 0 bridgehead atoms. The van der Waals surface area contributed by atoms with E-state index in [4.69, 9.17) is 0 Å². The van der Waals surface area contributed by atoms with Gasteiger partial charge < -0.3 is 9.62 Å². The second-order valence-corrected chi connectivity index (χ2v) is 12.1. The Balaban J connectivity index is 0.000000218. The Labute approximate surface area is 79.0 Å². The zero-order valence-electron chi connectivity index (χ0n) is 8.39. The van der Waals surface area contributed by atoms with E-state index in [0.717, 1.165) is 0 Å². The molecule has 4 heteroatoms. The molecule has 1 aliphatic heterocycles. The topological polar surface area (TPSA) is 6.48 Å². The minimum atomic E-state index is -0.543. The summed E-state index contributed by atoms with van der Waals surface area (Å²) in [4.78, 5) is 11.5. The Morgan fingerprint density at radius 1 is 1.00 bits per heavy atom. The molecule has 0 amide bonds. The van der Waals surface area contributed by atoms with Crippen molar-refractivity contribution in [2.24, 2.45) is 0 Å². The van der Waals surface area contributed by atoms with Crippen LogP contribution < -0.4 is 0 Å². The fourth-order valence-corrected chi connectivity index (χ4v) is 0.767. The fraction of sp³-hybridized carbons (Fsp3) is 1.00. The number of likely N-dealkylation sites (N-methyl/N-ethyl adjacent to an activating group) is 2. The van der Waals surface area contributed by atoms with Crippen LogP contribution in [-0.4, -0.2) is 64.1 Å². The van der Waals surface area contributed by atoms with E-state index in [1.165, 1.54) is 13.1 Å². The van der Waals surface area contributed by atoms with E-state index >= 15 is 0 Å². The van der Waals surface area contributed by atoms with Gasteiger partial charge in [-0.3, -0.25) is 0 Å². The molecule has 0 unspecified atom stereocenters. The van der Waals surface area contributed by atoms with Crippen LogP contribution in [0.25, 0.3) is 0 Å². The van der Waals surface area contributed by atoms with Gasteiger partial charge in [0.05, 0.1) is 0 Å². The normalized spacial score (nSPS) is 19.4. The molecule has 0 atom stereocenters. The van der Waals surface area contributed by atoms with Gasteiger partial charge in [-0.2, -0.15) is 7.55 Å². The molecule has 1 saturated heterocycles. The van der Waals surface area contributed by atoms with Crippen LogP contribution in [-0.2, 0) is 0 Å². The van der Waals surface area contributed by atoms with Crippen LogP contribution in [0, 0.1) is 0 Å². The molecule has 0 aromatic rings. The summed E-state index contributed by atoms with van der Waals surface area (Å²) in [5.41, 5.74) is 0. The average molecular weight is 261 g/mol. The van der Waals surface area contributed by atoms with Crippen molar-refractivity contribution in [2.75, 3.05) is 27.2 Å². The van der Waals surface area contributed by atoms with E-state index in [-0.39, 0.29) is 0 Å². The predicted octanol–water partition coefficient (Wildman–Crippen LogP) is 0.768. The molecule has 0 aromatic carbocycles. The number of nitrogens with zero attached hydrogens (tertiary/aromatic N) is 2. The Morgan fingerprint density at radius 3 is 1.36 bits per heavy atom. The average Bonchev–Trinajstić information content (AvgIpc) is 2.13. The van der Waals surface area contributed by atoms with Gasteiger partial charge in [-0.05, 0) is 13.1 Å². The first-order chi connectivity index (χ1) is 5.02. The first-order valence-electron chi connectivity index (χ1n) is 4.04. The third kappa shape index (κ3) is 8.69. The minimum absolute atomic E-state index is 0.543. The van der Waals surface area contributed by atoms with Gasteiger partial charge in [0.1, 0.15) is 0 Å². The van der Waals surface area contributed by atoms with Crippen molar-refractivity contribution in [3.63, 3.8) is 0 Å². The van der Waals surface area contributed by atoms with Gasteiger partial charge in [-0.25, -0.2) is 0 Å². The Bertz CT molecular complexity index is 89.7. The zero-order valence-corrected chi connectivity index (χ0v) is 11.2. The summed E-state index contributed by atoms with van der Waals surface area (Å²) in [6.45, 7) is 2.35. The Morgan fingerprint density at radius 2 is 1.27 bits per heavy atom. The van der Waals surface area contributed by atoms with Gasteiger partial charge in [0.15, 0.2) is 0 Å². The molecule has 1 heterocycles. The molecule has 64 valence electrons. The van der Waals surface area contributed by atoms with Crippen LogP contribution in [0.4, 0.5) is 0 Å². The Kier molecular flexibility index (Phi) is 6.77. The second-order valence-electron chi connectivity index (χ2n) is 3.58. The van der Waals surface area contributed by atoms with Gasteiger partial charge in [0.2, 0.25) is 0 Å². The first kappa shape index (κ1) is 11.8. The molecular formula is C7H19BN2Sn. The third-order valence-electron chi connectivity index (χ3n) is 1.20. The molecule has 11 heavy (non-hydrogen) atoms. The van der Waals surface area contributed by atoms with Crippen LogP contribution in [0.1, 0.15) is 0 Å². The second kappa shape index (κ2) is 6.32. The van der Waals surface area contributed by atoms with Crippen molar-refractivity contribution in [1.29, 1.82) is 0 Å². The van der Waals surface area contributed by atoms with Crippen molar-refractivity contribution in [3.8, 4) is 0 Å². The summed E-state index contributed by atoms with van der Waals surface area (Å²) in [6.07, 6.45) is 0. The van der Waals surface area contributed by atoms with Crippen LogP contribution in [0.3, 0.4) is 0 Å². The third-order valence-corrected chi connectivity index (χ3v) is 1.20. The first-order valence-corrected chi connectivity index (χ1v) is 12.6.